The molecule has 0 aliphatic carbocycles. The topological polar surface area (TPSA) is 120 Å². The predicted octanol–water partition coefficient (Wildman–Crippen LogP) is 4.91. The Bertz CT molecular complexity index is 1070. The van der Waals surface area contributed by atoms with Gasteiger partial charge in [-0.05, 0) is 18.1 Å². The molecule has 1 aromatic heterocycles. The van der Waals surface area contributed by atoms with E-state index in [4.69, 9.17) is 16.0 Å². The number of hydrogen-bond donors (Lipinski definition) is 3. The van der Waals surface area contributed by atoms with Crippen LogP contribution in [0.5, 0.6) is 5.75 Å². The van der Waals surface area contributed by atoms with Crippen LogP contribution in [0.4, 0.5) is 5.69 Å². The zero-order chi connectivity index (χ0) is 27.8. The molecule has 9 nitrogen and oxygen atoms in total. The standard InChI is InChI=1S/C17H18ClN5O4S.C4H10.C2H6.C2H2/c1-23(2)17(25)12-4-3-5-13(15(12)24)19-8-14-16(22-28(26)21-14)20-7-11-6-10(18)9-27-11;1-4(2)3;2*1-2/h3-6,9,19,24H,7-8H2,1-2H3,(H,20,22);4H,1-3H3;1-2H3;1-2H. The molecule has 1 aliphatic heterocycles. The number of furan rings is 1. The molecule has 0 saturated heterocycles. The lowest BCUT2D eigenvalue weighted by atomic mass is 10.1. The highest BCUT2D eigenvalue weighted by atomic mass is 35.5. The highest BCUT2D eigenvalue weighted by Crippen LogP contribution is 2.28. The van der Waals surface area contributed by atoms with E-state index < -0.39 is 11.2 Å². The van der Waals surface area contributed by atoms with Crippen LogP contribution >= 0.6 is 11.6 Å². The summed E-state index contributed by atoms with van der Waals surface area (Å²) in [7, 11) is 3.20. The van der Waals surface area contributed by atoms with Crippen molar-refractivity contribution in [3.05, 3.63) is 46.9 Å². The number of rotatable bonds is 6. The number of aromatic hydroxyl groups is 1. The van der Waals surface area contributed by atoms with Gasteiger partial charge in [0.1, 0.15) is 17.7 Å². The summed E-state index contributed by atoms with van der Waals surface area (Å²) in [5.74, 6) is 1.28. The smallest absolute Gasteiger partial charge is 0.268 e. The number of carbonyl (C=O) groups is 1. The summed E-state index contributed by atoms with van der Waals surface area (Å²) in [4.78, 5) is 13.5. The molecule has 198 valence electrons. The summed E-state index contributed by atoms with van der Waals surface area (Å²) in [6, 6.07) is 6.47. The quantitative estimate of drug-likeness (QED) is 0.355. The molecule has 3 N–H and O–H groups in total. The predicted molar refractivity (Wildman–Crippen MR) is 150 cm³/mol. The van der Waals surface area contributed by atoms with E-state index in [0.29, 0.717) is 34.6 Å². The van der Waals surface area contributed by atoms with Crippen LogP contribution in [0.1, 0.15) is 50.7 Å². The van der Waals surface area contributed by atoms with Crippen molar-refractivity contribution in [1.82, 2.24) is 10.2 Å². The number of benzene rings is 1. The van der Waals surface area contributed by atoms with Crippen molar-refractivity contribution < 1.29 is 18.5 Å². The van der Waals surface area contributed by atoms with E-state index in [9.17, 15) is 14.1 Å². The average Bonchev–Trinajstić information content (AvgIpc) is 3.43. The van der Waals surface area contributed by atoms with Crippen LogP contribution in [0.2, 0.25) is 5.02 Å². The van der Waals surface area contributed by atoms with Gasteiger partial charge in [0.25, 0.3) is 17.1 Å². The molecule has 0 radical (unpaired) electrons. The summed E-state index contributed by atoms with van der Waals surface area (Å²) in [5.41, 5.74) is 0.943. The molecule has 3 rings (SSSR count). The number of amides is 1. The number of terminal acetylenes is 1. The second kappa shape index (κ2) is 17.2. The minimum Gasteiger partial charge on any atom is -0.505 e. The lowest BCUT2D eigenvalue weighted by molar-refractivity contribution is 0.0824. The minimum atomic E-state index is -1.72. The third kappa shape index (κ3) is 11.0. The Morgan fingerprint density at radius 2 is 1.78 bits per heavy atom. The lowest BCUT2D eigenvalue weighted by Crippen LogP contribution is -2.33. The number of carbonyl (C=O) groups excluding carboxylic acids is 1. The Hall–Kier alpha value is -3.29. The molecule has 0 saturated carbocycles. The van der Waals surface area contributed by atoms with Crippen LogP contribution in [0.3, 0.4) is 0 Å². The van der Waals surface area contributed by atoms with Crippen LogP contribution in [0.15, 0.2) is 43.7 Å². The SMILES string of the molecule is C#C.CC.CC(C)C.CN(C)C(=O)c1cccc(NCC2=NS(=O)N=C2NCc2cc(Cl)co2)c1O. The van der Waals surface area contributed by atoms with Gasteiger partial charge in [0.2, 0.25) is 0 Å². The maximum absolute atomic E-state index is 12.1. The van der Waals surface area contributed by atoms with E-state index in [-0.39, 0.29) is 23.8 Å². The van der Waals surface area contributed by atoms with Crippen molar-refractivity contribution >= 4 is 45.9 Å². The maximum atomic E-state index is 12.1. The number of para-hydroxylation sites is 1. The van der Waals surface area contributed by atoms with Gasteiger partial charge in [-0.2, -0.15) is 4.40 Å². The molecule has 0 fully saturated rings. The molecule has 1 aliphatic rings. The van der Waals surface area contributed by atoms with E-state index in [0.717, 1.165) is 5.92 Å². The Balaban J connectivity index is 0.00000137. The fourth-order valence-corrected chi connectivity index (χ4v) is 3.31. The molecule has 0 spiro atoms. The summed E-state index contributed by atoms with van der Waals surface area (Å²) < 4.78 is 24.8. The van der Waals surface area contributed by atoms with Crippen LogP contribution in [-0.2, 0) is 17.7 Å². The van der Waals surface area contributed by atoms with Gasteiger partial charge in [0.15, 0.2) is 11.6 Å². The first-order valence-electron chi connectivity index (χ1n) is 11.2. The van der Waals surface area contributed by atoms with Gasteiger partial charge in [-0.15, -0.1) is 17.2 Å². The molecule has 1 amide bonds. The highest BCUT2D eigenvalue weighted by molar-refractivity contribution is 7.83. The second-order valence-corrected chi connectivity index (χ2v) is 9.04. The van der Waals surface area contributed by atoms with Crippen LogP contribution in [-0.4, -0.2) is 52.3 Å². The van der Waals surface area contributed by atoms with Crippen molar-refractivity contribution in [3.8, 4) is 18.6 Å². The fourth-order valence-electron chi connectivity index (χ4n) is 2.43. The number of phenolic OH excluding ortho intramolecular Hbond substituents is 1. The van der Waals surface area contributed by atoms with Crippen molar-refractivity contribution in [2.24, 2.45) is 14.7 Å². The Kier molecular flexibility index (Phi) is 15.6. The monoisotopic (exact) mass is 537 g/mol. The number of anilines is 1. The van der Waals surface area contributed by atoms with Crippen LogP contribution in [0.25, 0.3) is 0 Å². The summed E-state index contributed by atoms with van der Waals surface area (Å²) in [6.45, 7) is 10.9. The zero-order valence-corrected chi connectivity index (χ0v) is 23.4. The van der Waals surface area contributed by atoms with Gasteiger partial charge >= 0.3 is 0 Å². The Labute approximate surface area is 221 Å². The number of halogens is 1. The maximum Gasteiger partial charge on any atom is 0.268 e. The Morgan fingerprint density at radius 3 is 2.31 bits per heavy atom. The minimum absolute atomic E-state index is 0.143. The average molecular weight is 538 g/mol. The van der Waals surface area contributed by atoms with Gasteiger partial charge < -0.3 is 25.1 Å². The summed E-state index contributed by atoms with van der Waals surface area (Å²) in [5, 5.41) is 16.8. The zero-order valence-electron chi connectivity index (χ0n) is 21.8. The molecule has 1 atom stereocenters. The van der Waals surface area contributed by atoms with Gasteiger partial charge in [-0.3, -0.25) is 4.79 Å². The van der Waals surface area contributed by atoms with E-state index in [1.807, 2.05) is 13.8 Å². The summed E-state index contributed by atoms with van der Waals surface area (Å²) >= 11 is 4.09. The van der Waals surface area contributed by atoms with Gasteiger partial charge in [0, 0.05) is 20.2 Å². The number of hydrogen-bond acceptors (Lipinski definition) is 6. The van der Waals surface area contributed by atoms with Crippen molar-refractivity contribution in [2.45, 2.75) is 41.2 Å². The second-order valence-electron chi connectivity index (χ2n) is 7.78. The number of nitrogens with zero attached hydrogens (tertiary/aromatic N) is 3. The molecular weight excluding hydrogens is 502 g/mol. The van der Waals surface area contributed by atoms with Crippen LogP contribution in [0, 0.1) is 18.8 Å². The number of phenols is 1. The first-order chi connectivity index (χ1) is 17.1. The Morgan fingerprint density at radius 1 is 1.17 bits per heavy atom. The van der Waals surface area contributed by atoms with Gasteiger partial charge in [0.05, 0.1) is 29.4 Å². The van der Waals surface area contributed by atoms with Crippen molar-refractivity contribution in [3.63, 3.8) is 0 Å². The molecule has 2 heterocycles. The highest BCUT2D eigenvalue weighted by Gasteiger charge is 2.21. The van der Waals surface area contributed by atoms with E-state index in [1.54, 1.807) is 32.3 Å². The van der Waals surface area contributed by atoms with E-state index in [2.05, 4.69) is 53.0 Å². The normalized spacial score (nSPS) is 13.5. The molecule has 36 heavy (non-hydrogen) atoms. The van der Waals surface area contributed by atoms with Gasteiger partial charge in [-0.25, -0.2) is 4.21 Å². The fraction of sp³-hybridized carbons (Fsp3) is 0.400. The van der Waals surface area contributed by atoms with E-state index >= 15 is 0 Å². The summed E-state index contributed by atoms with van der Waals surface area (Å²) in [6.07, 6.45) is 9.41. The first-order valence-corrected chi connectivity index (χ1v) is 12.7. The van der Waals surface area contributed by atoms with E-state index in [1.165, 1.54) is 17.2 Å². The molecular formula is C25H36ClN5O4S. The molecule has 1 aromatic carbocycles. The third-order valence-electron chi connectivity index (χ3n) is 3.80. The lowest BCUT2D eigenvalue weighted by Gasteiger charge is -2.15. The third-order valence-corrected chi connectivity index (χ3v) is 4.72. The largest absolute Gasteiger partial charge is 0.505 e. The van der Waals surface area contributed by atoms with Gasteiger partial charge in [-0.1, -0.05) is 52.3 Å². The van der Waals surface area contributed by atoms with Crippen molar-refractivity contribution in [2.75, 3.05) is 26.0 Å². The number of nitrogens with one attached hydrogen (secondary N) is 2. The number of amidine groups is 1. The molecule has 2 aromatic rings. The molecule has 1 unspecified atom stereocenters. The molecule has 0 bridgehead atoms. The molecule has 11 heteroatoms. The van der Waals surface area contributed by atoms with Crippen molar-refractivity contribution in [1.29, 1.82) is 0 Å². The van der Waals surface area contributed by atoms with Crippen LogP contribution < -0.4 is 10.6 Å². The first kappa shape index (κ1) is 32.7.